The summed E-state index contributed by atoms with van der Waals surface area (Å²) in [4.78, 5) is 11.2. The van der Waals surface area contributed by atoms with E-state index in [1.807, 2.05) is 56.4 Å². The van der Waals surface area contributed by atoms with Gasteiger partial charge >= 0.3 is 0 Å². The summed E-state index contributed by atoms with van der Waals surface area (Å²) in [5.41, 5.74) is 3.24. The molecule has 5 heteroatoms. The molecule has 134 valence electrons. The van der Waals surface area contributed by atoms with Crippen LogP contribution >= 0.6 is 0 Å². The molecule has 3 aromatic rings. The molecule has 3 rings (SSSR count). The van der Waals surface area contributed by atoms with Crippen LogP contribution in [0, 0.1) is 6.92 Å². The van der Waals surface area contributed by atoms with Crippen molar-refractivity contribution in [3.63, 3.8) is 0 Å². The van der Waals surface area contributed by atoms with Crippen molar-refractivity contribution < 1.29 is 4.74 Å². The maximum Gasteiger partial charge on any atom is 0.224 e. The number of aromatic nitrogens is 2. The Morgan fingerprint density at radius 3 is 2.58 bits per heavy atom. The molecule has 0 aliphatic carbocycles. The average Bonchev–Trinajstić information content (AvgIpc) is 2.68. The minimum Gasteiger partial charge on any atom is -0.497 e. The van der Waals surface area contributed by atoms with Crippen molar-refractivity contribution in [2.75, 3.05) is 30.9 Å². The molecule has 0 aliphatic rings. The number of hydrogen-bond donors (Lipinski definition) is 1. The second-order valence-electron chi connectivity index (χ2n) is 6.11. The maximum absolute atomic E-state index is 5.27. The predicted molar refractivity (Wildman–Crippen MR) is 106 cm³/mol. The number of aryl methyl sites for hydroxylation is 1. The van der Waals surface area contributed by atoms with E-state index in [9.17, 15) is 0 Å². The molecule has 0 saturated carbocycles. The van der Waals surface area contributed by atoms with Crippen LogP contribution in [0.2, 0.25) is 0 Å². The molecule has 2 aromatic carbocycles. The molecule has 5 nitrogen and oxygen atoms in total. The normalized spacial score (nSPS) is 10.4. The highest BCUT2D eigenvalue weighted by Crippen LogP contribution is 2.22. The smallest absolute Gasteiger partial charge is 0.224 e. The molecule has 0 atom stereocenters. The minimum absolute atomic E-state index is 0.644. The van der Waals surface area contributed by atoms with Gasteiger partial charge in [-0.15, -0.1) is 0 Å². The van der Waals surface area contributed by atoms with Crippen LogP contribution in [0.5, 0.6) is 5.75 Å². The second kappa shape index (κ2) is 8.34. The van der Waals surface area contributed by atoms with Gasteiger partial charge < -0.3 is 15.0 Å². The molecule has 1 heterocycles. The van der Waals surface area contributed by atoms with Crippen molar-refractivity contribution in [1.29, 1.82) is 0 Å². The summed E-state index contributed by atoms with van der Waals surface area (Å²) >= 11 is 0. The van der Waals surface area contributed by atoms with Crippen LogP contribution in [-0.4, -0.2) is 30.7 Å². The first-order chi connectivity index (χ1) is 12.7. The third kappa shape index (κ3) is 4.51. The van der Waals surface area contributed by atoms with E-state index in [2.05, 4.69) is 38.4 Å². The van der Waals surface area contributed by atoms with E-state index in [4.69, 9.17) is 4.74 Å². The SMILES string of the molecule is COc1cccc(CCNc2nc(C)cc(N(C)c3ccccc3)n2)c1. The Morgan fingerprint density at radius 2 is 1.81 bits per heavy atom. The highest BCUT2D eigenvalue weighted by atomic mass is 16.5. The van der Waals surface area contributed by atoms with Crippen LogP contribution in [0.3, 0.4) is 0 Å². The third-order valence-corrected chi connectivity index (χ3v) is 4.16. The van der Waals surface area contributed by atoms with E-state index in [1.165, 1.54) is 5.56 Å². The molecular weight excluding hydrogens is 324 g/mol. The fourth-order valence-electron chi connectivity index (χ4n) is 2.73. The van der Waals surface area contributed by atoms with Gasteiger partial charge in [-0.05, 0) is 43.2 Å². The summed E-state index contributed by atoms with van der Waals surface area (Å²) in [6.45, 7) is 2.74. The van der Waals surface area contributed by atoms with Crippen molar-refractivity contribution >= 4 is 17.5 Å². The predicted octanol–water partition coefficient (Wildman–Crippen LogP) is 4.22. The standard InChI is InChI=1S/C21H24N4O/c1-16-14-20(25(2)18-9-5-4-6-10-18)24-21(23-16)22-13-12-17-8-7-11-19(15-17)26-3/h4-11,14-15H,12-13H2,1-3H3,(H,22,23,24). The van der Waals surface area contributed by atoms with Crippen molar-refractivity contribution in [1.82, 2.24) is 9.97 Å². The van der Waals surface area contributed by atoms with Gasteiger partial charge in [0.15, 0.2) is 0 Å². The van der Waals surface area contributed by atoms with Crippen LogP contribution in [-0.2, 0) is 6.42 Å². The van der Waals surface area contributed by atoms with Crippen LogP contribution in [0.15, 0.2) is 60.7 Å². The summed E-state index contributed by atoms with van der Waals surface area (Å²) in [6, 6.07) is 20.3. The van der Waals surface area contributed by atoms with Crippen LogP contribution in [0.1, 0.15) is 11.3 Å². The van der Waals surface area contributed by atoms with E-state index < -0.39 is 0 Å². The number of para-hydroxylation sites is 1. The molecular formula is C21H24N4O. The van der Waals surface area contributed by atoms with Crippen LogP contribution in [0.4, 0.5) is 17.5 Å². The molecule has 0 unspecified atom stereocenters. The number of ether oxygens (including phenoxy) is 1. The van der Waals surface area contributed by atoms with E-state index in [1.54, 1.807) is 7.11 Å². The highest BCUT2D eigenvalue weighted by Gasteiger charge is 2.08. The van der Waals surface area contributed by atoms with Gasteiger partial charge in [-0.3, -0.25) is 0 Å². The lowest BCUT2D eigenvalue weighted by atomic mass is 10.1. The number of nitrogens with zero attached hydrogens (tertiary/aromatic N) is 3. The molecule has 0 aliphatic heterocycles. The van der Waals surface area contributed by atoms with E-state index in [0.717, 1.165) is 35.9 Å². The molecule has 0 bridgehead atoms. The molecule has 0 fully saturated rings. The summed E-state index contributed by atoms with van der Waals surface area (Å²) in [5, 5.41) is 3.33. The Labute approximate surface area is 154 Å². The maximum atomic E-state index is 5.27. The highest BCUT2D eigenvalue weighted by molar-refractivity contribution is 5.60. The topological polar surface area (TPSA) is 50.3 Å². The molecule has 0 radical (unpaired) electrons. The number of hydrogen-bond acceptors (Lipinski definition) is 5. The fraction of sp³-hybridized carbons (Fsp3) is 0.238. The average molecular weight is 348 g/mol. The van der Waals surface area contributed by atoms with Gasteiger partial charge in [0.25, 0.3) is 0 Å². The lowest BCUT2D eigenvalue weighted by Gasteiger charge is -2.19. The summed E-state index contributed by atoms with van der Waals surface area (Å²) in [6.07, 6.45) is 0.873. The first-order valence-electron chi connectivity index (χ1n) is 8.67. The monoisotopic (exact) mass is 348 g/mol. The zero-order chi connectivity index (χ0) is 18.4. The van der Waals surface area contributed by atoms with E-state index in [-0.39, 0.29) is 0 Å². The van der Waals surface area contributed by atoms with E-state index >= 15 is 0 Å². The Hall–Kier alpha value is -3.08. The van der Waals surface area contributed by atoms with Crippen LogP contribution in [0.25, 0.3) is 0 Å². The number of rotatable bonds is 7. The van der Waals surface area contributed by atoms with Crippen molar-refractivity contribution in [3.05, 3.63) is 71.9 Å². The quantitative estimate of drug-likeness (QED) is 0.693. The van der Waals surface area contributed by atoms with Crippen molar-refractivity contribution in [2.24, 2.45) is 0 Å². The lowest BCUT2D eigenvalue weighted by Crippen LogP contribution is -2.14. The molecule has 26 heavy (non-hydrogen) atoms. The Balaban J connectivity index is 1.67. The first kappa shape index (κ1) is 17.7. The van der Waals surface area contributed by atoms with Crippen molar-refractivity contribution in [2.45, 2.75) is 13.3 Å². The lowest BCUT2D eigenvalue weighted by molar-refractivity contribution is 0.414. The number of benzene rings is 2. The summed E-state index contributed by atoms with van der Waals surface area (Å²) in [7, 11) is 3.69. The van der Waals surface area contributed by atoms with Gasteiger partial charge in [-0.1, -0.05) is 30.3 Å². The van der Waals surface area contributed by atoms with Gasteiger partial charge in [-0.2, -0.15) is 4.98 Å². The summed E-state index contributed by atoms with van der Waals surface area (Å²) < 4.78 is 5.27. The molecule has 0 spiro atoms. The largest absolute Gasteiger partial charge is 0.497 e. The van der Waals surface area contributed by atoms with Gasteiger partial charge in [-0.25, -0.2) is 4.98 Å². The third-order valence-electron chi connectivity index (χ3n) is 4.16. The molecule has 0 saturated heterocycles. The minimum atomic E-state index is 0.644. The molecule has 1 N–H and O–H groups in total. The number of methoxy groups -OCH3 is 1. The van der Waals surface area contributed by atoms with Crippen LogP contribution < -0.4 is 15.0 Å². The summed E-state index contributed by atoms with van der Waals surface area (Å²) in [5.74, 6) is 2.39. The van der Waals surface area contributed by atoms with Gasteiger partial charge in [0.05, 0.1) is 7.11 Å². The van der Waals surface area contributed by atoms with Gasteiger partial charge in [0.1, 0.15) is 11.6 Å². The van der Waals surface area contributed by atoms with Crippen molar-refractivity contribution in [3.8, 4) is 5.75 Å². The zero-order valence-corrected chi connectivity index (χ0v) is 15.4. The Kier molecular flexibility index (Phi) is 5.69. The molecule has 1 aromatic heterocycles. The van der Waals surface area contributed by atoms with E-state index in [0.29, 0.717) is 5.95 Å². The Morgan fingerprint density at radius 1 is 1.00 bits per heavy atom. The second-order valence-corrected chi connectivity index (χ2v) is 6.11. The fourth-order valence-corrected chi connectivity index (χ4v) is 2.73. The van der Waals surface area contributed by atoms with Gasteiger partial charge in [0.2, 0.25) is 5.95 Å². The Bertz CT molecular complexity index is 852. The first-order valence-corrected chi connectivity index (χ1v) is 8.67. The molecule has 0 amide bonds. The van der Waals surface area contributed by atoms with Gasteiger partial charge in [0, 0.05) is 31.0 Å². The zero-order valence-electron chi connectivity index (χ0n) is 15.4. The number of nitrogens with one attached hydrogen (secondary N) is 1. The number of anilines is 3.